The number of amides is 1. The van der Waals surface area contributed by atoms with Gasteiger partial charge in [-0.1, -0.05) is 13.3 Å². The Labute approximate surface area is 173 Å². The number of hydrogen-bond acceptors (Lipinski definition) is 5. The Kier molecular flexibility index (Phi) is 6.98. The van der Waals surface area contributed by atoms with E-state index >= 15 is 0 Å². The zero-order valence-electron chi connectivity index (χ0n) is 16.7. The van der Waals surface area contributed by atoms with Gasteiger partial charge in [0.15, 0.2) is 0 Å². The number of nitrogens with zero attached hydrogens (tertiary/aromatic N) is 2. The molecule has 1 aromatic carbocycles. The molecule has 1 aromatic rings. The third-order valence-corrected chi connectivity index (χ3v) is 9.27. The lowest BCUT2D eigenvalue weighted by Gasteiger charge is -2.26. The number of carbonyl (C=O) groups is 1. The molecule has 2 aliphatic heterocycles. The topological polar surface area (TPSA) is 104 Å². The molecule has 1 atom stereocenters. The minimum absolute atomic E-state index is 0.00489. The predicted molar refractivity (Wildman–Crippen MR) is 109 cm³/mol. The fourth-order valence-electron chi connectivity index (χ4n) is 3.83. The summed E-state index contributed by atoms with van der Waals surface area (Å²) in [4.78, 5) is 12.5. The molecule has 10 heteroatoms. The fraction of sp³-hybridized carbons (Fsp3) is 0.632. The van der Waals surface area contributed by atoms with Crippen LogP contribution in [0.1, 0.15) is 45.4 Å². The van der Waals surface area contributed by atoms with Crippen molar-refractivity contribution in [3.63, 3.8) is 0 Å². The third kappa shape index (κ3) is 4.65. The molecule has 2 heterocycles. The van der Waals surface area contributed by atoms with Crippen LogP contribution in [0.25, 0.3) is 0 Å². The van der Waals surface area contributed by atoms with Crippen molar-refractivity contribution in [2.24, 2.45) is 0 Å². The molecule has 29 heavy (non-hydrogen) atoms. The summed E-state index contributed by atoms with van der Waals surface area (Å²) >= 11 is 0. The normalized spacial score (nSPS) is 21.9. The van der Waals surface area contributed by atoms with Crippen LogP contribution in [0.3, 0.4) is 0 Å². The molecule has 2 fully saturated rings. The second-order valence-corrected chi connectivity index (χ2v) is 11.3. The highest BCUT2D eigenvalue weighted by atomic mass is 32.2. The summed E-state index contributed by atoms with van der Waals surface area (Å²) in [6.07, 6.45) is 4.57. The zero-order valence-corrected chi connectivity index (χ0v) is 18.3. The molecule has 1 amide bonds. The summed E-state index contributed by atoms with van der Waals surface area (Å²) in [5.74, 6) is -0.280. The Morgan fingerprint density at radius 3 is 2.10 bits per heavy atom. The Hall–Kier alpha value is -1.49. The van der Waals surface area contributed by atoms with Crippen LogP contribution in [0, 0.1) is 0 Å². The number of hydrogen-bond donors (Lipinski definition) is 1. The van der Waals surface area contributed by atoms with E-state index in [4.69, 9.17) is 0 Å². The summed E-state index contributed by atoms with van der Waals surface area (Å²) in [7, 11) is -7.50. The third-order valence-electron chi connectivity index (χ3n) is 5.44. The van der Waals surface area contributed by atoms with Crippen molar-refractivity contribution in [3.05, 3.63) is 24.3 Å². The zero-order chi connectivity index (χ0) is 21.1. The predicted octanol–water partition coefficient (Wildman–Crippen LogP) is 1.54. The van der Waals surface area contributed by atoms with Gasteiger partial charge in [0.1, 0.15) is 6.04 Å². The summed E-state index contributed by atoms with van der Waals surface area (Å²) < 4.78 is 54.3. The van der Waals surface area contributed by atoms with Crippen LogP contribution < -0.4 is 5.32 Å². The maximum atomic E-state index is 13.1. The van der Waals surface area contributed by atoms with Crippen molar-refractivity contribution in [1.82, 2.24) is 13.9 Å². The minimum atomic E-state index is -3.88. The van der Waals surface area contributed by atoms with Crippen molar-refractivity contribution in [3.8, 4) is 0 Å². The van der Waals surface area contributed by atoms with E-state index < -0.39 is 26.1 Å². The number of benzene rings is 1. The average Bonchev–Trinajstić information content (AvgIpc) is 3.24. The lowest BCUT2D eigenvalue weighted by molar-refractivity contribution is -0.124. The van der Waals surface area contributed by atoms with Crippen molar-refractivity contribution in [2.45, 2.75) is 61.3 Å². The lowest BCUT2D eigenvalue weighted by atomic mass is 10.2. The van der Waals surface area contributed by atoms with Crippen LogP contribution in [-0.4, -0.2) is 63.6 Å². The molecule has 0 radical (unpaired) electrons. The van der Waals surface area contributed by atoms with Gasteiger partial charge in [0.2, 0.25) is 26.0 Å². The second-order valence-electron chi connectivity index (χ2n) is 7.50. The molecular formula is C19H29N3O5S2. The van der Waals surface area contributed by atoms with E-state index in [1.807, 2.05) is 6.92 Å². The molecule has 162 valence electrons. The highest BCUT2D eigenvalue weighted by Crippen LogP contribution is 2.28. The summed E-state index contributed by atoms with van der Waals surface area (Å²) in [6.45, 7) is 3.70. The van der Waals surface area contributed by atoms with E-state index in [1.54, 1.807) is 0 Å². The molecule has 0 bridgehead atoms. The van der Waals surface area contributed by atoms with Gasteiger partial charge in [-0.05, 0) is 56.4 Å². The molecular weight excluding hydrogens is 414 g/mol. The molecule has 3 rings (SSSR count). The molecule has 0 unspecified atom stereocenters. The quantitative estimate of drug-likeness (QED) is 0.688. The largest absolute Gasteiger partial charge is 0.355 e. The van der Waals surface area contributed by atoms with Gasteiger partial charge in [0.05, 0.1) is 9.79 Å². The highest BCUT2D eigenvalue weighted by molar-refractivity contribution is 7.89. The highest BCUT2D eigenvalue weighted by Gasteiger charge is 2.39. The fourth-order valence-corrected chi connectivity index (χ4v) is 7.00. The van der Waals surface area contributed by atoms with Crippen LogP contribution in [-0.2, 0) is 24.8 Å². The van der Waals surface area contributed by atoms with Crippen molar-refractivity contribution < 1.29 is 21.6 Å². The molecule has 0 spiro atoms. The van der Waals surface area contributed by atoms with E-state index in [-0.39, 0.29) is 22.2 Å². The maximum absolute atomic E-state index is 13.1. The monoisotopic (exact) mass is 443 g/mol. The Morgan fingerprint density at radius 2 is 1.52 bits per heavy atom. The first-order chi connectivity index (χ1) is 13.8. The lowest BCUT2D eigenvalue weighted by Crippen LogP contribution is -2.46. The van der Waals surface area contributed by atoms with Gasteiger partial charge < -0.3 is 5.32 Å². The van der Waals surface area contributed by atoms with Gasteiger partial charge in [0.25, 0.3) is 0 Å². The van der Waals surface area contributed by atoms with Gasteiger partial charge >= 0.3 is 0 Å². The Balaban J connectivity index is 1.80. The van der Waals surface area contributed by atoms with E-state index in [1.165, 1.54) is 32.9 Å². The first-order valence-electron chi connectivity index (χ1n) is 10.2. The first kappa shape index (κ1) is 22.2. The molecule has 8 nitrogen and oxygen atoms in total. The van der Waals surface area contributed by atoms with Gasteiger partial charge in [-0.25, -0.2) is 16.8 Å². The minimum Gasteiger partial charge on any atom is -0.355 e. The van der Waals surface area contributed by atoms with Crippen LogP contribution in [0.15, 0.2) is 34.1 Å². The van der Waals surface area contributed by atoms with Crippen LogP contribution in [0.4, 0.5) is 0 Å². The smallest absolute Gasteiger partial charge is 0.243 e. The van der Waals surface area contributed by atoms with Crippen molar-refractivity contribution >= 4 is 26.0 Å². The Bertz CT molecular complexity index is 923. The summed E-state index contributed by atoms with van der Waals surface area (Å²) in [5, 5.41) is 2.76. The van der Waals surface area contributed by atoms with Crippen LogP contribution >= 0.6 is 0 Å². The SMILES string of the molecule is CCCNC(=O)[C@H]1CCCN1S(=O)(=O)c1ccc(S(=O)(=O)N2CCCCC2)cc1. The van der Waals surface area contributed by atoms with Crippen LogP contribution in [0.5, 0.6) is 0 Å². The van der Waals surface area contributed by atoms with Gasteiger partial charge in [0, 0.05) is 26.2 Å². The van der Waals surface area contributed by atoms with Gasteiger partial charge in [-0.3, -0.25) is 4.79 Å². The molecule has 0 aliphatic carbocycles. The number of rotatable bonds is 7. The molecule has 2 aliphatic rings. The van der Waals surface area contributed by atoms with Gasteiger partial charge in [-0.15, -0.1) is 0 Å². The van der Waals surface area contributed by atoms with Crippen LogP contribution in [0.2, 0.25) is 0 Å². The number of sulfonamides is 2. The molecule has 2 saturated heterocycles. The van der Waals surface area contributed by atoms with E-state index in [9.17, 15) is 21.6 Å². The number of carbonyl (C=O) groups excluding carboxylic acids is 1. The first-order valence-corrected chi connectivity index (χ1v) is 13.1. The maximum Gasteiger partial charge on any atom is 0.243 e. The van der Waals surface area contributed by atoms with Crippen molar-refractivity contribution in [1.29, 1.82) is 0 Å². The average molecular weight is 444 g/mol. The van der Waals surface area contributed by atoms with Crippen molar-refractivity contribution in [2.75, 3.05) is 26.2 Å². The molecule has 1 N–H and O–H groups in total. The second kappa shape index (κ2) is 9.11. The Morgan fingerprint density at radius 1 is 0.931 bits per heavy atom. The van der Waals surface area contributed by atoms with Gasteiger partial charge in [-0.2, -0.15) is 8.61 Å². The number of nitrogens with one attached hydrogen (secondary N) is 1. The van der Waals surface area contributed by atoms with E-state index in [0.29, 0.717) is 32.5 Å². The number of piperidine rings is 1. The summed E-state index contributed by atoms with van der Waals surface area (Å²) in [5.41, 5.74) is 0. The molecule has 0 aromatic heterocycles. The standard InChI is InChI=1S/C19H29N3O5S2/c1-2-12-20-19(23)18-7-6-15-22(18)29(26,27)17-10-8-16(9-11-17)28(24,25)21-13-4-3-5-14-21/h8-11,18H,2-7,12-15H2,1H3,(H,20,23)/t18-/m1/s1. The van der Waals surface area contributed by atoms with E-state index in [2.05, 4.69) is 5.32 Å². The van der Waals surface area contributed by atoms with E-state index in [0.717, 1.165) is 25.7 Å². The summed E-state index contributed by atoms with van der Waals surface area (Å²) in [6, 6.07) is 4.62. The molecule has 0 saturated carbocycles.